The molecule has 0 atom stereocenters. The summed E-state index contributed by atoms with van der Waals surface area (Å²) in [5, 5.41) is 2.44. The molecule has 1 aliphatic heterocycles. The molecule has 0 unspecified atom stereocenters. The number of hydrogen-bond acceptors (Lipinski definition) is 7. The van der Waals surface area contributed by atoms with E-state index in [1.807, 2.05) is 14.0 Å². The number of ether oxygens (including phenoxy) is 1. The Morgan fingerprint density at radius 1 is 1.00 bits per heavy atom. The summed E-state index contributed by atoms with van der Waals surface area (Å²) in [7, 11) is 1.99. The maximum atomic E-state index is 14.8. The van der Waals surface area contributed by atoms with Crippen LogP contribution >= 0.6 is 0 Å². The molecule has 1 saturated heterocycles. The number of aromatic nitrogens is 3. The van der Waals surface area contributed by atoms with Crippen LogP contribution in [-0.2, 0) is 19.1 Å². The molecule has 0 aliphatic carbocycles. The molecule has 3 heterocycles. The van der Waals surface area contributed by atoms with Gasteiger partial charge in [0, 0.05) is 57.2 Å². The van der Waals surface area contributed by atoms with Crippen LogP contribution in [0.1, 0.15) is 34.2 Å². The molecular weight excluding hydrogens is 564 g/mol. The van der Waals surface area contributed by atoms with Crippen molar-refractivity contribution in [2.75, 3.05) is 38.5 Å². The van der Waals surface area contributed by atoms with Crippen LogP contribution in [0, 0.1) is 5.82 Å². The molecule has 224 valence electrons. The van der Waals surface area contributed by atoms with Crippen LogP contribution in [0.2, 0.25) is 0 Å². The number of halogens is 4. The monoisotopic (exact) mass is 594 g/mol. The minimum Gasteiger partial charge on any atom is -0.438 e. The zero-order valence-corrected chi connectivity index (χ0v) is 23.7. The number of benzene rings is 2. The fourth-order valence-corrected chi connectivity index (χ4v) is 4.72. The Kier molecular flexibility index (Phi) is 8.97. The van der Waals surface area contributed by atoms with E-state index >= 15 is 0 Å². The topological polar surface area (TPSA) is 83.5 Å². The number of hydrogen-bond donors (Lipinski definition) is 1. The number of carbonyl (C=O) groups excluding carboxylic acids is 1. The predicted octanol–water partition coefficient (Wildman–Crippen LogP) is 6.05. The molecular formula is C31H30F4N6O2. The fourth-order valence-electron chi connectivity index (χ4n) is 4.72. The van der Waals surface area contributed by atoms with Crippen LogP contribution in [0.25, 0.3) is 11.3 Å². The molecule has 1 N–H and O–H groups in total. The number of alkyl halides is 3. The first kappa shape index (κ1) is 30.1. The van der Waals surface area contributed by atoms with E-state index in [9.17, 15) is 22.4 Å². The third-order valence-corrected chi connectivity index (χ3v) is 7.05. The lowest BCUT2D eigenvalue weighted by molar-refractivity contribution is -0.137. The second kappa shape index (κ2) is 12.8. The van der Waals surface area contributed by atoms with Crippen LogP contribution in [0.3, 0.4) is 0 Å². The zero-order valence-electron chi connectivity index (χ0n) is 23.7. The van der Waals surface area contributed by atoms with E-state index in [4.69, 9.17) is 4.74 Å². The van der Waals surface area contributed by atoms with Crippen LogP contribution in [0.15, 0.2) is 67.0 Å². The van der Waals surface area contributed by atoms with E-state index < -0.39 is 29.0 Å². The summed E-state index contributed by atoms with van der Waals surface area (Å²) in [6.07, 6.45) is -0.851. The van der Waals surface area contributed by atoms with Gasteiger partial charge in [0.15, 0.2) is 0 Å². The molecule has 5 rings (SSSR count). The Labute approximate surface area is 246 Å². The summed E-state index contributed by atoms with van der Waals surface area (Å²) in [6, 6.07) is 12.2. The van der Waals surface area contributed by atoms with Gasteiger partial charge in [0.05, 0.1) is 22.4 Å². The van der Waals surface area contributed by atoms with E-state index in [2.05, 4.69) is 30.1 Å². The summed E-state index contributed by atoms with van der Waals surface area (Å²) in [5.41, 5.74) is 0.149. The van der Waals surface area contributed by atoms with Crippen molar-refractivity contribution in [3.63, 3.8) is 0 Å². The Morgan fingerprint density at radius 2 is 1.79 bits per heavy atom. The van der Waals surface area contributed by atoms with Crippen molar-refractivity contribution >= 4 is 11.6 Å². The largest absolute Gasteiger partial charge is 0.438 e. The third-order valence-electron chi connectivity index (χ3n) is 7.05. The van der Waals surface area contributed by atoms with Crippen molar-refractivity contribution in [1.82, 2.24) is 24.8 Å². The molecule has 1 aliphatic rings. The second-order valence-corrected chi connectivity index (χ2v) is 10.3. The lowest BCUT2D eigenvalue weighted by Gasteiger charge is -2.32. The molecule has 1 fully saturated rings. The molecule has 12 heteroatoms. The number of carbonyl (C=O) groups is 1. The summed E-state index contributed by atoms with van der Waals surface area (Å²) in [5.74, 6) is -0.866. The molecule has 1 amide bonds. The summed E-state index contributed by atoms with van der Waals surface area (Å²) in [4.78, 5) is 30.3. The van der Waals surface area contributed by atoms with Crippen LogP contribution in [-0.4, -0.2) is 63.9 Å². The predicted molar refractivity (Wildman–Crippen MR) is 153 cm³/mol. The minimum absolute atomic E-state index is 0.0859. The SMILES string of the molecule is CCc1nccc(-c2cccnc2Oc2ccc(F)c(C(=O)Nc3cc(CN4CCN(C)CC4)cc(C(F)(F)F)c3)c2)n1. The average Bonchev–Trinajstić information content (AvgIpc) is 2.99. The van der Waals surface area contributed by atoms with Crippen molar-refractivity contribution in [1.29, 1.82) is 0 Å². The van der Waals surface area contributed by atoms with Gasteiger partial charge >= 0.3 is 6.18 Å². The number of piperazine rings is 1. The fraction of sp³-hybridized carbons (Fsp3) is 0.290. The van der Waals surface area contributed by atoms with Gasteiger partial charge in [0.1, 0.15) is 17.4 Å². The highest BCUT2D eigenvalue weighted by molar-refractivity contribution is 6.04. The number of rotatable bonds is 8. The number of likely N-dealkylation sites (N-methyl/N-ethyl adjacent to an activating group) is 1. The van der Waals surface area contributed by atoms with Gasteiger partial charge in [0.25, 0.3) is 5.91 Å². The quantitative estimate of drug-likeness (QED) is 0.249. The van der Waals surface area contributed by atoms with Crippen LogP contribution in [0.5, 0.6) is 11.6 Å². The van der Waals surface area contributed by atoms with E-state index in [1.165, 1.54) is 24.4 Å². The first-order valence-electron chi connectivity index (χ1n) is 13.8. The number of nitrogens with one attached hydrogen (secondary N) is 1. The number of aryl methyl sites for hydroxylation is 1. The maximum Gasteiger partial charge on any atom is 0.416 e. The molecule has 0 radical (unpaired) electrons. The van der Waals surface area contributed by atoms with Gasteiger partial charge in [-0.2, -0.15) is 13.2 Å². The van der Waals surface area contributed by atoms with Crippen LogP contribution < -0.4 is 10.1 Å². The summed E-state index contributed by atoms with van der Waals surface area (Å²) >= 11 is 0. The van der Waals surface area contributed by atoms with E-state index in [0.29, 0.717) is 42.2 Å². The Morgan fingerprint density at radius 3 is 2.53 bits per heavy atom. The van der Waals surface area contributed by atoms with Gasteiger partial charge in [-0.05, 0) is 67.2 Å². The molecule has 0 bridgehead atoms. The zero-order chi connectivity index (χ0) is 30.6. The maximum absolute atomic E-state index is 14.8. The number of anilines is 1. The van der Waals surface area contributed by atoms with Crippen molar-refractivity contribution < 1.29 is 27.1 Å². The summed E-state index contributed by atoms with van der Waals surface area (Å²) < 4.78 is 62.0. The number of pyridine rings is 1. The van der Waals surface area contributed by atoms with Crippen molar-refractivity contribution in [3.8, 4) is 22.9 Å². The smallest absolute Gasteiger partial charge is 0.416 e. The van der Waals surface area contributed by atoms with Gasteiger partial charge < -0.3 is 15.0 Å². The first-order chi connectivity index (χ1) is 20.6. The summed E-state index contributed by atoms with van der Waals surface area (Å²) in [6.45, 7) is 5.25. The molecule has 2 aromatic carbocycles. The van der Waals surface area contributed by atoms with E-state index in [0.717, 1.165) is 31.3 Å². The third kappa shape index (κ3) is 7.51. The van der Waals surface area contributed by atoms with Crippen molar-refractivity contribution in [2.45, 2.75) is 26.1 Å². The van der Waals surface area contributed by atoms with E-state index in [1.54, 1.807) is 24.4 Å². The molecule has 2 aromatic heterocycles. The van der Waals surface area contributed by atoms with E-state index in [-0.39, 0.29) is 23.9 Å². The van der Waals surface area contributed by atoms with Crippen molar-refractivity contribution in [3.05, 3.63) is 95.3 Å². The normalized spacial score (nSPS) is 14.5. The Bertz CT molecular complexity index is 1610. The second-order valence-electron chi connectivity index (χ2n) is 10.3. The Balaban J connectivity index is 1.38. The minimum atomic E-state index is -4.63. The van der Waals surface area contributed by atoms with Crippen LogP contribution in [0.4, 0.5) is 23.2 Å². The highest BCUT2D eigenvalue weighted by atomic mass is 19.4. The molecule has 0 spiro atoms. The highest BCUT2D eigenvalue weighted by Crippen LogP contribution is 2.34. The van der Waals surface area contributed by atoms with Gasteiger partial charge in [-0.25, -0.2) is 19.3 Å². The Hall–Kier alpha value is -4.42. The number of nitrogens with zero attached hydrogens (tertiary/aromatic N) is 5. The standard InChI is InChI=1S/C31H30F4N6O2/c1-3-28-36-10-8-27(39-28)24-5-4-9-37-30(24)43-23-6-7-26(32)25(18-23)29(42)38-22-16-20(15-21(17-22)31(33,34)35)19-41-13-11-40(2)12-14-41/h4-10,15-18H,3,11-14,19H2,1-2H3,(H,38,42). The van der Waals surface area contributed by atoms with Gasteiger partial charge in [-0.15, -0.1) is 0 Å². The molecule has 4 aromatic rings. The van der Waals surface area contributed by atoms with Gasteiger partial charge in [0.2, 0.25) is 5.88 Å². The first-order valence-corrected chi connectivity index (χ1v) is 13.8. The lowest BCUT2D eigenvalue weighted by Crippen LogP contribution is -2.43. The van der Waals surface area contributed by atoms with Crippen molar-refractivity contribution in [2.24, 2.45) is 0 Å². The van der Waals surface area contributed by atoms with Gasteiger partial charge in [-0.3, -0.25) is 9.69 Å². The molecule has 0 saturated carbocycles. The lowest BCUT2D eigenvalue weighted by atomic mass is 10.1. The van der Waals surface area contributed by atoms with Gasteiger partial charge in [-0.1, -0.05) is 6.92 Å². The highest BCUT2D eigenvalue weighted by Gasteiger charge is 2.32. The average molecular weight is 595 g/mol. The molecule has 8 nitrogen and oxygen atoms in total. The molecule has 43 heavy (non-hydrogen) atoms. The number of amides is 1.